The van der Waals surface area contributed by atoms with Gasteiger partial charge in [0, 0.05) is 17.0 Å². The number of rotatable bonds is 3. The smallest absolute Gasteiger partial charge is 0.0961 e. The minimum atomic E-state index is 0.601. The molecule has 2 N–H and O–H groups in total. The Morgan fingerprint density at radius 2 is 2.33 bits per heavy atom. The lowest BCUT2D eigenvalue weighted by Crippen LogP contribution is -2.15. The van der Waals surface area contributed by atoms with Gasteiger partial charge in [0.1, 0.15) is 0 Å². The molecule has 2 atom stereocenters. The van der Waals surface area contributed by atoms with E-state index < -0.39 is 0 Å². The van der Waals surface area contributed by atoms with Gasteiger partial charge in [-0.05, 0) is 36.8 Å². The topological polar surface area (TPSA) is 43.8 Å². The van der Waals surface area contributed by atoms with Gasteiger partial charge in [0.25, 0.3) is 0 Å². The molecule has 1 aromatic heterocycles. The van der Waals surface area contributed by atoms with Crippen molar-refractivity contribution in [3.8, 4) is 0 Å². The highest BCUT2D eigenvalue weighted by Gasteiger charge is 2.29. The van der Waals surface area contributed by atoms with Crippen LogP contribution in [0.5, 0.6) is 0 Å². The predicted octanol–water partition coefficient (Wildman–Crippen LogP) is 3.47. The van der Waals surface area contributed by atoms with Gasteiger partial charge in [-0.1, -0.05) is 13.3 Å². The lowest BCUT2D eigenvalue weighted by molar-refractivity contribution is 0.542. The zero-order chi connectivity index (χ0) is 12.5. The molecule has 0 radical (unpaired) electrons. The van der Waals surface area contributed by atoms with E-state index in [1.165, 1.54) is 30.5 Å². The number of hydrogen-bond acceptors (Lipinski definition) is 3. The Hall–Kier alpha value is -1.16. The Morgan fingerprint density at radius 1 is 1.44 bits per heavy atom. The molecule has 3 nitrogen and oxygen atoms in total. The lowest BCUT2D eigenvalue weighted by Gasteiger charge is -2.20. The van der Waals surface area contributed by atoms with Gasteiger partial charge in [-0.15, -0.1) is 0 Å². The number of hydrogen-bond donors (Lipinski definition) is 1. The Kier molecular flexibility index (Phi) is 3.20. The number of nitrogens with zero attached hydrogens (tertiary/aromatic N) is 2. The van der Waals surface area contributed by atoms with Crippen molar-refractivity contribution in [2.24, 2.45) is 0 Å². The van der Waals surface area contributed by atoms with Crippen LogP contribution in [0.1, 0.15) is 32.2 Å². The highest BCUT2D eigenvalue weighted by atomic mass is 32.2. The molecular weight excluding hydrogens is 242 g/mol. The molecule has 1 saturated carbocycles. The summed E-state index contributed by atoms with van der Waals surface area (Å²) in [7, 11) is 0. The minimum Gasteiger partial charge on any atom is -0.399 e. The van der Waals surface area contributed by atoms with E-state index in [9.17, 15) is 0 Å². The van der Waals surface area contributed by atoms with Crippen LogP contribution in [0.2, 0.25) is 0 Å². The van der Waals surface area contributed by atoms with E-state index in [0.717, 1.165) is 16.5 Å². The fourth-order valence-electron chi connectivity index (χ4n) is 2.95. The van der Waals surface area contributed by atoms with Gasteiger partial charge >= 0.3 is 0 Å². The molecule has 1 fully saturated rings. The first kappa shape index (κ1) is 11.9. The predicted molar refractivity (Wildman–Crippen MR) is 79.0 cm³/mol. The third kappa shape index (κ3) is 1.99. The van der Waals surface area contributed by atoms with Crippen LogP contribution in [0.3, 0.4) is 0 Å². The van der Waals surface area contributed by atoms with E-state index in [2.05, 4.69) is 34.3 Å². The highest BCUT2D eigenvalue weighted by Crippen LogP contribution is 2.39. The third-order valence-corrected chi connectivity index (χ3v) is 5.07. The van der Waals surface area contributed by atoms with Gasteiger partial charge < -0.3 is 10.3 Å². The van der Waals surface area contributed by atoms with Gasteiger partial charge in [-0.25, -0.2) is 4.98 Å². The van der Waals surface area contributed by atoms with E-state index in [0.29, 0.717) is 6.04 Å². The number of thioether (sulfide) groups is 1. The summed E-state index contributed by atoms with van der Waals surface area (Å²) in [6, 6.07) is 6.63. The van der Waals surface area contributed by atoms with E-state index in [1.54, 1.807) is 0 Å². The van der Waals surface area contributed by atoms with Crippen LogP contribution in [-0.4, -0.2) is 20.6 Å². The monoisotopic (exact) mass is 261 g/mol. The van der Waals surface area contributed by atoms with Crippen LogP contribution in [-0.2, 0) is 0 Å². The highest BCUT2D eigenvalue weighted by molar-refractivity contribution is 7.99. The summed E-state index contributed by atoms with van der Waals surface area (Å²) in [5, 5.41) is 0.741. The molecular formula is C14H19N3S. The van der Waals surface area contributed by atoms with Crippen LogP contribution in [0.25, 0.3) is 11.0 Å². The molecule has 0 spiro atoms. The van der Waals surface area contributed by atoms with E-state index in [1.807, 2.05) is 18.5 Å². The second kappa shape index (κ2) is 4.84. The first-order valence-corrected chi connectivity index (χ1v) is 7.68. The van der Waals surface area contributed by atoms with Crippen molar-refractivity contribution in [2.45, 2.75) is 37.5 Å². The van der Waals surface area contributed by atoms with Crippen molar-refractivity contribution in [3.05, 3.63) is 24.5 Å². The maximum absolute atomic E-state index is 5.81. The molecule has 3 rings (SSSR count). The molecule has 2 unspecified atom stereocenters. The second-order valence-corrected chi connectivity index (χ2v) is 6.41. The number of aromatic nitrogens is 2. The van der Waals surface area contributed by atoms with Crippen molar-refractivity contribution in [1.82, 2.24) is 9.55 Å². The Balaban J connectivity index is 1.98. The number of nitrogen functional groups attached to an aromatic ring is 1. The number of benzene rings is 1. The summed E-state index contributed by atoms with van der Waals surface area (Å²) in [6.45, 7) is 2.24. The van der Waals surface area contributed by atoms with Gasteiger partial charge in [0.15, 0.2) is 0 Å². The van der Waals surface area contributed by atoms with E-state index in [-0.39, 0.29) is 0 Å². The molecule has 1 aromatic carbocycles. The molecule has 0 saturated heterocycles. The van der Waals surface area contributed by atoms with Crippen LogP contribution in [0.4, 0.5) is 5.69 Å². The standard InChI is InChI=1S/C14H19N3S/c1-2-18-14-5-3-4-13(14)17-9-16-11-8-10(15)6-7-12(11)17/h6-9,13-14H,2-5,15H2,1H3. The summed E-state index contributed by atoms with van der Waals surface area (Å²) in [5.41, 5.74) is 8.83. The Labute approximate surface area is 112 Å². The summed E-state index contributed by atoms with van der Waals surface area (Å²) in [5.74, 6) is 1.20. The van der Waals surface area contributed by atoms with Crippen molar-refractivity contribution >= 4 is 28.5 Å². The maximum Gasteiger partial charge on any atom is 0.0961 e. The number of imidazole rings is 1. The number of fused-ring (bicyclic) bond motifs is 1. The SMILES string of the molecule is CCSC1CCCC1n1cnc2cc(N)ccc21. The summed E-state index contributed by atoms with van der Waals surface area (Å²) in [6.07, 6.45) is 5.92. The zero-order valence-electron chi connectivity index (χ0n) is 10.7. The van der Waals surface area contributed by atoms with Crippen molar-refractivity contribution in [3.63, 3.8) is 0 Å². The average Bonchev–Trinajstić information content (AvgIpc) is 2.95. The maximum atomic E-state index is 5.81. The van der Waals surface area contributed by atoms with Crippen molar-refractivity contribution < 1.29 is 0 Å². The van der Waals surface area contributed by atoms with Crippen molar-refractivity contribution in [1.29, 1.82) is 0 Å². The molecule has 96 valence electrons. The van der Waals surface area contributed by atoms with Crippen LogP contribution in [0.15, 0.2) is 24.5 Å². The van der Waals surface area contributed by atoms with E-state index >= 15 is 0 Å². The van der Waals surface area contributed by atoms with Gasteiger partial charge in [-0.2, -0.15) is 11.8 Å². The molecule has 0 amide bonds. The van der Waals surface area contributed by atoms with Crippen LogP contribution in [0, 0.1) is 0 Å². The fourth-order valence-corrected chi connectivity index (χ4v) is 4.20. The lowest BCUT2D eigenvalue weighted by atomic mass is 10.2. The molecule has 1 heterocycles. The molecule has 0 aliphatic heterocycles. The second-order valence-electron chi connectivity index (χ2n) is 4.89. The molecule has 18 heavy (non-hydrogen) atoms. The van der Waals surface area contributed by atoms with Gasteiger partial charge in [-0.3, -0.25) is 0 Å². The Bertz CT molecular complexity index is 549. The summed E-state index contributed by atoms with van der Waals surface area (Å²) < 4.78 is 2.36. The number of anilines is 1. The summed E-state index contributed by atoms with van der Waals surface area (Å²) >= 11 is 2.08. The summed E-state index contributed by atoms with van der Waals surface area (Å²) in [4.78, 5) is 4.49. The normalized spacial score (nSPS) is 23.8. The van der Waals surface area contributed by atoms with Gasteiger partial charge in [0.05, 0.1) is 17.4 Å². The van der Waals surface area contributed by atoms with Crippen LogP contribution < -0.4 is 5.73 Å². The first-order chi connectivity index (χ1) is 8.79. The molecule has 1 aliphatic rings. The molecule has 1 aliphatic carbocycles. The average molecular weight is 261 g/mol. The van der Waals surface area contributed by atoms with Crippen LogP contribution >= 0.6 is 11.8 Å². The zero-order valence-corrected chi connectivity index (χ0v) is 11.5. The Morgan fingerprint density at radius 3 is 3.17 bits per heavy atom. The fraction of sp³-hybridized carbons (Fsp3) is 0.500. The molecule has 4 heteroatoms. The third-order valence-electron chi connectivity index (χ3n) is 3.75. The first-order valence-electron chi connectivity index (χ1n) is 6.63. The largest absolute Gasteiger partial charge is 0.399 e. The molecule has 0 bridgehead atoms. The van der Waals surface area contributed by atoms with Crippen molar-refractivity contribution in [2.75, 3.05) is 11.5 Å². The van der Waals surface area contributed by atoms with E-state index in [4.69, 9.17) is 5.73 Å². The quantitative estimate of drug-likeness (QED) is 0.860. The van der Waals surface area contributed by atoms with Gasteiger partial charge in [0.2, 0.25) is 0 Å². The minimum absolute atomic E-state index is 0.601. The molecule has 2 aromatic rings. The number of nitrogens with two attached hydrogens (primary N) is 1.